The van der Waals surface area contributed by atoms with Crippen LogP contribution in [0.3, 0.4) is 0 Å². The van der Waals surface area contributed by atoms with Crippen molar-refractivity contribution < 1.29 is 4.74 Å². The molecular weight excluding hydrogens is 272 g/mol. The first-order valence-electron chi connectivity index (χ1n) is 7.48. The molecule has 3 nitrogen and oxygen atoms in total. The van der Waals surface area contributed by atoms with E-state index in [1.807, 2.05) is 0 Å². The van der Waals surface area contributed by atoms with E-state index in [0.29, 0.717) is 12.1 Å². The number of hydrogen-bond acceptors (Lipinski definition) is 3. The molecule has 1 unspecified atom stereocenters. The molecular formula is C16H25ClN2O. The number of nitrogens with one attached hydrogen (secondary N) is 1. The summed E-state index contributed by atoms with van der Waals surface area (Å²) in [6, 6.07) is 6.85. The Balaban J connectivity index is 2.05. The number of anilines is 1. The summed E-state index contributed by atoms with van der Waals surface area (Å²) >= 11 is 6.46. The van der Waals surface area contributed by atoms with Crippen molar-refractivity contribution >= 4 is 17.3 Å². The van der Waals surface area contributed by atoms with E-state index >= 15 is 0 Å². The van der Waals surface area contributed by atoms with Crippen LogP contribution in [-0.2, 0) is 11.3 Å². The highest BCUT2D eigenvalue weighted by Gasteiger charge is 2.20. The summed E-state index contributed by atoms with van der Waals surface area (Å²) in [5.74, 6) is 0. The molecule has 0 aliphatic carbocycles. The Kier molecular flexibility index (Phi) is 5.70. The molecule has 0 saturated carbocycles. The molecule has 1 saturated heterocycles. The average molecular weight is 297 g/mol. The topological polar surface area (TPSA) is 24.5 Å². The Morgan fingerprint density at radius 1 is 1.45 bits per heavy atom. The minimum Gasteiger partial charge on any atom is -0.375 e. The van der Waals surface area contributed by atoms with Gasteiger partial charge in [0.1, 0.15) is 0 Å². The number of ether oxygens (including phenoxy) is 1. The van der Waals surface area contributed by atoms with Crippen LogP contribution >= 0.6 is 11.6 Å². The third-order valence-corrected chi connectivity index (χ3v) is 3.96. The monoisotopic (exact) mass is 296 g/mol. The predicted octanol–water partition coefficient (Wildman–Crippen LogP) is 3.45. The molecule has 20 heavy (non-hydrogen) atoms. The van der Waals surface area contributed by atoms with E-state index < -0.39 is 0 Å². The van der Waals surface area contributed by atoms with Gasteiger partial charge in [-0.3, -0.25) is 0 Å². The molecule has 4 heteroatoms. The van der Waals surface area contributed by atoms with Gasteiger partial charge in [0, 0.05) is 25.7 Å². The lowest BCUT2D eigenvalue weighted by Gasteiger charge is -2.34. The molecule has 0 amide bonds. The Morgan fingerprint density at radius 3 is 2.90 bits per heavy atom. The van der Waals surface area contributed by atoms with Crippen LogP contribution in [0.2, 0.25) is 5.02 Å². The van der Waals surface area contributed by atoms with Crippen molar-refractivity contribution in [2.75, 3.05) is 24.6 Å². The Morgan fingerprint density at radius 2 is 2.25 bits per heavy atom. The maximum Gasteiger partial charge on any atom is 0.0748 e. The zero-order chi connectivity index (χ0) is 14.5. The minimum atomic E-state index is 0.321. The third-order valence-electron chi connectivity index (χ3n) is 3.66. The normalized spacial score (nSPS) is 19.6. The SMILES string of the molecule is CCC1CN(c2ccc(CNC(C)C)cc2Cl)CCO1. The first-order chi connectivity index (χ1) is 9.60. The predicted molar refractivity (Wildman–Crippen MR) is 85.7 cm³/mol. The van der Waals surface area contributed by atoms with Crippen molar-refractivity contribution in [2.24, 2.45) is 0 Å². The quantitative estimate of drug-likeness (QED) is 0.901. The zero-order valence-electron chi connectivity index (χ0n) is 12.7. The summed E-state index contributed by atoms with van der Waals surface area (Å²) in [6.45, 7) is 9.95. The Labute approximate surface area is 127 Å². The largest absolute Gasteiger partial charge is 0.375 e. The first kappa shape index (κ1) is 15.6. The second-order valence-corrected chi connectivity index (χ2v) is 6.08. The van der Waals surface area contributed by atoms with Gasteiger partial charge in [-0.15, -0.1) is 0 Å². The fourth-order valence-electron chi connectivity index (χ4n) is 2.42. The van der Waals surface area contributed by atoms with Crippen molar-refractivity contribution in [3.05, 3.63) is 28.8 Å². The van der Waals surface area contributed by atoms with Gasteiger partial charge in [-0.2, -0.15) is 0 Å². The molecule has 1 aromatic rings. The van der Waals surface area contributed by atoms with Crippen molar-refractivity contribution in [2.45, 2.75) is 45.9 Å². The maximum absolute atomic E-state index is 6.46. The lowest BCUT2D eigenvalue weighted by atomic mass is 10.1. The summed E-state index contributed by atoms with van der Waals surface area (Å²) in [5, 5.41) is 4.25. The molecule has 1 N–H and O–H groups in total. The second-order valence-electron chi connectivity index (χ2n) is 5.67. The van der Waals surface area contributed by atoms with Gasteiger partial charge in [-0.1, -0.05) is 38.4 Å². The summed E-state index contributed by atoms with van der Waals surface area (Å²) in [6.07, 6.45) is 1.37. The van der Waals surface area contributed by atoms with Crippen LogP contribution in [0, 0.1) is 0 Å². The van der Waals surface area contributed by atoms with E-state index in [-0.39, 0.29) is 0 Å². The van der Waals surface area contributed by atoms with Crippen LogP contribution in [0.1, 0.15) is 32.8 Å². The highest BCUT2D eigenvalue weighted by molar-refractivity contribution is 6.33. The fourth-order valence-corrected chi connectivity index (χ4v) is 2.75. The summed E-state index contributed by atoms with van der Waals surface area (Å²) in [5.41, 5.74) is 2.36. The number of nitrogens with zero attached hydrogens (tertiary/aromatic N) is 1. The number of benzene rings is 1. The van der Waals surface area contributed by atoms with Gasteiger partial charge in [0.05, 0.1) is 23.4 Å². The van der Waals surface area contributed by atoms with Crippen molar-refractivity contribution in [1.29, 1.82) is 0 Å². The zero-order valence-corrected chi connectivity index (χ0v) is 13.4. The molecule has 0 spiro atoms. The van der Waals surface area contributed by atoms with Crippen LogP contribution in [-0.4, -0.2) is 31.8 Å². The number of morpholine rings is 1. The van der Waals surface area contributed by atoms with Crippen molar-refractivity contribution in [3.63, 3.8) is 0 Å². The van der Waals surface area contributed by atoms with E-state index in [4.69, 9.17) is 16.3 Å². The molecule has 1 aliphatic rings. The average Bonchev–Trinajstić information content (AvgIpc) is 2.45. The fraction of sp³-hybridized carbons (Fsp3) is 0.625. The van der Waals surface area contributed by atoms with Crippen LogP contribution in [0.5, 0.6) is 0 Å². The van der Waals surface area contributed by atoms with Crippen LogP contribution in [0.15, 0.2) is 18.2 Å². The minimum absolute atomic E-state index is 0.321. The van der Waals surface area contributed by atoms with Gasteiger partial charge in [0.15, 0.2) is 0 Å². The molecule has 1 fully saturated rings. The smallest absolute Gasteiger partial charge is 0.0748 e. The third kappa shape index (κ3) is 4.11. The van der Waals surface area contributed by atoms with Crippen molar-refractivity contribution in [3.8, 4) is 0 Å². The van der Waals surface area contributed by atoms with Crippen LogP contribution < -0.4 is 10.2 Å². The molecule has 112 valence electrons. The van der Waals surface area contributed by atoms with Crippen LogP contribution in [0.4, 0.5) is 5.69 Å². The molecule has 0 radical (unpaired) electrons. The molecule has 1 heterocycles. The summed E-state index contributed by atoms with van der Waals surface area (Å²) in [4.78, 5) is 2.33. The number of hydrogen-bond donors (Lipinski definition) is 1. The molecule has 0 aromatic heterocycles. The van der Waals surface area contributed by atoms with Gasteiger partial charge in [0.25, 0.3) is 0 Å². The molecule has 1 aliphatic heterocycles. The van der Waals surface area contributed by atoms with Gasteiger partial charge in [0.2, 0.25) is 0 Å². The second kappa shape index (κ2) is 7.30. The van der Waals surface area contributed by atoms with Crippen LogP contribution in [0.25, 0.3) is 0 Å². The molecule has 1 aromatic carbocycles. The van der Waals surface area contributed by atoms with Gasteiger partial charge in [-0.25, -0.2) is 0 Å². The van der Waals surface area contributed by atoms with E-state index in [1.165, 1.54) is 5.56 Å². The molecule has 1 atom stereocenters. The lowest BCUT2D eigenvalue weighted by molar-refractivity contribution is 0.0384. The van der Waals surface area contributed by atoms with Gasteiger partial charge >= 0.3 is 0 Å². The Hall–Kier alpha value is -0.770. The standard InChI is InChI=1S/C16H25ClN2O/c1-4-14-11-19(7-8-20-14)16-6-5-13(9-15(16)17)10-18-12(2)3/h5-6,9,12,14,18H,4,7-8,10-11H2,1-3H3. The van der Waals surface area contributed by atoms with Gasteiger partial charge in [-0.05, 0) is 24.1 Å². The first-order valence-corrected chi connectivity index (χ1v) is 7.86. The highest BCUT2D eigenvalue weighted by atomic mass is 35.5. The number of rotatable bonds is 5. The Bertz CT molecular complexity index is 436. The summed E-state index contributed by atoms with van der Waals surface area (Å²) in [7, 11) is 0. The van der Waals surface area contributed by atoms with Crippen molar-refractivity contribution in [1.82, 2.24) is 5.32 Å². The van der Waals surface area contributed by atoms with E-state index in [0.717, 1.165) is 43.4 Å². The highest BCUT2D eigenvalue weighted by Crippen LogP contribution is 2.28. The maximum atomic E-state index is 6.46. The number of halogens is 1. The lowest BCUT2D eigenvalue weighted by Crippen LogP contribution is -2.42. The van der Waals surface area contributed by atoms with Gasteiger partial charge < -0.3 is 15.0 Å². The van der Waals surface area contributed by atoms with E-state index in [2.05, 4.69) is 49.2 Å². The van der Waals surface area contributed by atoms with E-state index in [1.54, 1.807) is 0 Å². The molecule has 2 rings (SSSR count). The summed E-state index contributed by atoms with van der Waals surface area (Å²) < 4.78 is 5.71. The van der Waals surface area contributed by atoms with E-state index in [9.17, 15) is 0 Å². The molecule has 0 bridgehead atoms.